The molecule has 1 spiro atoms. The Labute approximate surface area is 219 Å². The molecule has 1 aliphatic heterocycles. The van der Waals surface area contributed by atoms with Gasteiger partial charge >= 0.3 is 0 Å². The van der Waals surface area contributed by atoms with Crippen LogP contribution in [0, 0.1) is 6.92 Å². The van der Waals surface area contributed by atoms with E-state index in [1.807, 2.05) is 27.2 Å². The summed E-state index contributed by atoms with van der Waals surface area (Å²) in [4.78, 5) is 28.7. The number of anilines is 4. The SMILES string of the molecule is Cc1ncc(C(=O)NCCN2CCOC3(CC3)C2)cc1Nc1nn(C)c2nc(Nc3cnn(C)c3)ncc12. The van der Waals surface area contributed by atoms with Gasteiger partial charge in [-0.15, -0.1) is 0 Å². The van der Waals surface area contributed by atoms with Crippen LogP contribution in [-0.2, 0) is 18.8 Å². The van der Waals surface area contributed by atoms with Crippen molar-refractivity contribution in [3.05, 3.63) is 42.1 Å². The summed E-state index contributed by atoms with van der Waals surface area (Å²) < 4.78 is 9.25. The number of carbonyl (C=O) groups is 1. The number of aromatic nitrogens is 7. The third kappa shape index (κ3) is 5.02. The summed E-state index contributed by atoms with van der Waals surface area (Å²) >= 11 is 0. The van der Waals surface area contributed by atoms with Crippen LogP contribution in [0.4, 0.5) is 23.1 Å². The second-order valence-electron chi connectivity index (χ2n) is 9.98. The molecule has 1 saturated carbocycles. The van der Waals surface area contributed by atoms with Gasteiger partial charge in [-0.2, -0.15) is 15.2 Å². The number of hydrogen-bond acceptors (Lipinski definition) is 10. The van der Waals surface area contributed by atoms with Crippen molar-refractivity contribution >= 4 is 40.1 Å². The summed E-state index contributed by atoms with van der Waals surface area (Å²) in [5, 5.41) is 19.0. The zero-order chi connectivity index (χ0) is 26.3. The highest BCUT2D eigenvalue weighted by molar-refractivity contribution is 5.96. The summed E-state index contributed by atoms with van der Waals surface area (Å²) in [5.74, 6) is 0.871. The zero-order valence-electron chi connectivity index (χ0n) is 21.7. The minimum Gasteiger partial charge on any atom is -0.372 e. The third-order valence-corrected chi connectivity index (χ3v) is 6.99. The van der Waals surface area contributed by atoms with Gasteiger partial charge in [0.25, 0.3) is 5.91 Å². The lowest BCUT2D eigenvalue weighted by Crippen LogP contribution is -2.46. The molecule has 2 aliphatic rings. The van der Waals surface area contributed by atoms with Gasteiger partial charge in [-0.3, -0.25) is 19.4 Å². The van der Waals surface area contributed by atoms with E-state index in [4.69, 9.17) is 4.74 Å². The fourth-order valence-corrected chi connectivity index (χ4v) is 4.70. The highest BCUT2D eigenvalue weighted by Gasteiger charge is 2.47. The van der Waals surface area contributed by atoms with Crippen molar-refractivity contribution in [3.63, 3.8) is 0 Å². The largest absolute Gasteiger partial charge is 0.372 e. The van der Waals surface area contributed by atoms with Gasteiger partial charge in [-0.1, -0.05) is 0 Å². The second kappa shape index (κ2) is 9.65. The molecule has 4 aromatic heterocycles. The molecule has 13 nitrogen and oxygen atoms in total. The average Bonchev–Trinajstić information content (AvgIpc) is 3.39. The predicted octanol–water partition coefficient (Wildman–Crippen LogP) is 1.88. The molecule has 198 valence electrons. The van der Waals surface area contributed by atoms with Crippen molar-refractivity contribution in [3.8, 4) is 0 Å². The maximum absolute atomic E-state index is 12.9. The summed E-state index contributed by atoms with van der Waals surface area (Å²) in [5.41, 5.74) is 3.46. The molecule has 0 radical (unpaired) electrons. The maximum Gasteiger partial charge on any atom is 0.252 e. The number of amides is 1. The highest BCUT2D eigenvalue weighted by Crippen LogP contribution is 2.41. The number of pyridine rings is 1. The second-order valence-corrected chi connectivity index (χ2v) is 9.98. The molecule has 5 heterocycles. The Bertz CT molecular complexity index is 1490. The van der Waals surface area contributed by atoms with Crippen molar-refractivity contribution < 1.29 is 9.53 Å². The number of nitrogens with one attached hydrogen (secondary N) is 3. The lowest BCUT2D eigenvalue weighted by molar-refractivity contribution is -0.0452. The van der Waals surface area contributed by atoms with Gasteiger partial charge in [0.05, 0.1) is 46.4 Å². The molecule has 1 aliphatic carbocycles. The van der Waals surface area contributed by atoms with Gasteiger partial charge in [0.15, 0.2) is 11.5 Å². The number of aryl methyl sites for hydroxylation is 3. The lowest BCUT2D eigenvalue weighted by atomic mass is 10.2. The Morgan fingerprint density at radius 3 is 2.82 bits per heavy atom. The monoisotopic (exact) mass is 517 g/mol. The molecule has 3 N–H and O–H groups in total. The molecule has 4 aromatic rings. The van der Waals surface area contributed by atoms with Gasteiger partial charge in [-0.05, 0) is 25.8 Å². The minimum absolute atomic E-state index is 0.0852. The first-order valence-corrected chi connectivity index (χ1v) is 12.7. The van der Waals surface area contributed by atoms with E-state index in [1.165, 1.54) is 0 Å². The van der Waals surface area contributed by atoms with Gasteiger partial charge < -0.3 is 20.7 Å². The molecule has 0 unspecified atom stereocenters. The van der Waals surface area contributed by atoms with E-state index in [-0.39, 0.29) is 11.5 Å². The Morgan fingerprint density at radius 2 is 2.03 bits per heavy atom. The molecule has 6 rings (SSSR count). The van der Waals surface area contributed by atoms with Crippen LogP contribution >= 0.6 is 0 Å². The molecule has 1 amide bonds. The number of morpholine rings is 1. The van der Waals surface area contributed by atoms with E-state index < -0.39 is 0 Å². The predicted molar refractivity (Wildman–Crippen MR) is 142 cm³/mol. The van der Waals surface area contributed by atoms with Gasteiger partial charge in [0, 0.05) is 58.9 Å². The number of hydrogen-bond donors (Lipinski definition) is 3. The fourth-order valence-electron chi connectivity index (χ4n) is 4.70. The van der Waals surface area contributed by atoms with Crippen LogP contribution in [0.15, 0.2) is 30.9 Å². The number of ether oxygens (including phenoxy) is 1. The summed E-state index contributed by atoms with van der Waals surface area (Å²) in [6.07, 6.45) is 9.14. The van der Waals surface area contributed by atoms with E-state index in [0.29, 0.717) is 35.2 Å². The molecular formula is C25H31N11O2. The molecule has 38 heavy (non-hydrogen) atoms. The van der Waals surface area contributed by atoms with Crippen LogP contribution in [-0.4, -0.2) is 83.7 Å². The first-order chi connectivity index (χ1) is 18.4. The average molecular weight is 518 g/mol. The third-order valence-electron chi connectivity index (χ3n) is 6.99. The fraction of sp³-hybridized carbons (Fsp3) is 0.440. The van der Waals surface area contributed by atoms with E-state index in [9.17, 15) is 4.79 Å². The molecule has 1 saturated heterocycles. The summed E-state index contributed by atoms with van der Waals surface area (Å²) in [6.45, 7) is 5.88. The minimum atomic E-state index is -0.157. The standard InChI is InChI=1S/C25H31N11O2/c1-16-20(10-17(11-27-16)23(37)26-6-7-36-8-9-38-25(15-36)4-5-25)31-21-19-13-28-24(32-22(19)35(3)33-21)30-18-12-29-34(2)14-18/h10-14H,4-9,15H2,1-3H3,(H,26,37)(H,31,33)(H,28,30,32). The van der Waals surface area contributed by atoms with Crippen molar-refractivity contribution in [2.24, 2.45) is 14.1 Å². The van der Waals surface area contributed by atoms with Crippen LogP contribution in [0.25, 0.3) is 11.0 Å². The Balaban J connectivity index is 1.12. The number of nitrogens with zero attached hydrogens (tertiary/aromatic N) is 8. The Morgan fingerprint density at radius 1 is 1.16 bits per heavy atom. The summed E-state index contributed by atoms with van der Waals surface area (Å²) in [6, 6.07) is 1.80. The van der Waals surface area contributed by atoms with Crippen molar-refractivity contribution in [2.45, 2.75) is 25.4 Å². The molecule has 0 atom stereocenters. The van der Waals surface area contributed by atoms with Gasteiger partial charge in [-0.25, -0.2) is 9.67 Å². The van der Waals surface area contributed by atoms with Crippen LogP contribution in [0.1, 0.15) is 28.9 Å². The summed E-state index contributed by atoms with van der Waals surface area (Å²) in [7, 11) is 3.67. The first kappa shape index (κ1) is 24.2. The van der Waals surface area contributed by atoms with Crippen molar-refractivity contribution in [1.82, 2.24) is 44.7 Å². The van der Waals surface area contributed by atoms with E-state index in [2.05, 4.69) is 46.0 Å². The van der Waals surface area contributed by atoms with E-state index in [1.54, 1.807) is 34.0 Å². The Kier molecular flexibility index (Phi) is 6.16. The van der Waals surface area contributed by atoms with E-state index >= 15 is 0 Å². The first-order valence-electron chi connectivity index (χ1n) is 12.7. The normalized spacial score (nSPS) is 16.6. The topological polar surface area (TPSA) is 140 Å². The lowest BCUT2D eigenvalue weighted by Gasteiger charge is -2.33. The van der Waals surface area contributed by atoms with Crippen molar-refractivity contribution in [2.75, 3.05) is 43.4 Å². The quantitative estimate of drug-likeness (QED) is 0.317. The van der Waals surface area contributed by atoms with Crippen LogP contribution in [0.2, 0.25) is 0 Å². The maximum atomic E-state index is 12.9. The van der Waals surface area contributed by atoms with Crippen LogP contribution in [0.3, 0.4) is 0 Å². The number of carbonyl (C=O) groups excluding carboxylic acids is 1. The number of fused-ring (bicyclic) bond motifs is 1. The highest BCUT2D eigenvalue weighted by atomic mass is 16.5. The van der Waals surface area contributed by atoms with E-state index in [0.717, 1.165) is 55.9 Å². The Hall–Kier alpha value is -4.10. The molecule has 13 heteroatoms. The molecule has 2 fully saturated rings. The van der Waals surface area contributed by atoms with Crippen LogP contribution in [0.5, 0.6) is 0 Å². The molecular weight excluding hydrogens is 486 g/mol. The van der Waals surface area contributed by atoms with Gasteiger partial charge in [0.2, 0.25) is 5.95 Å². The molecule has 0 aromatic carbocycles. The number of rotatable bonds is 8. The van der Waals surface area contributed by atoms with Gasteiger partial charge in [0.1, 0.15) is 0 Å². The smallest absolute Gasteiger partial charge is 0.252 e. The zero-order valence-corrected chi connectivity index (χ0v) is 21.7. The van der Waals surface area contributed by atoms with Crippen LogP contribution < -0.4 is 16.0 Å². The van der Waals surface area contributed by atoms with Crippen molar-refractivity contribution in [1.29, 1.82) is 0 Å². The molecule has 0 bridgehead atoms.